The molecule has 1 saturated carbocycles. The fraction of sp³-hybridized carbons (Fsp3) is 0.722. The van der Waals surface area contributed by atoms with Gasteiger partial charge in [-0.05, 0) is 63.1 Å². The van der Waals surface area contributed by atoms with E-state index in [2.05, 4.69) is 44.1 Å². The third-order valence-corrected chi connectivity index (χ3v) is 4.29. The van der Waals surface area contributed by atoms with Crippen LogP contribution in [0.1, 0.15) is 65.0 Å². The molecule has 1 heterocycles. The van der Waals surface area contributed by atoms with Crippen LogP contribution in [-0.2, 0) is 0 Å². The van der Waals surface area contributed by atoms with Gasteiger partial charge in [-0.3, -0.25) is 4.98 Å². The molecule has 0 radical (unpaired) electrons. The van der Waals surface area contributed by atoms with Gasteiger partial charge in [-0.15, -0.1) is 0 Å². The molecule has 3 heteroatoms. The zero-order valence-corrected chi connectivity index (χ0v) is 13.9. The van der Waals surface area contributed by atoms with Gasteiger partial charge in [0.2, 0.25) is 0 Å². The highest BCUT2D eigenvalue weighted by Gasteiger charge is 2.29. The van der Waals surface area contributed by atoms with Gasteiger partial charge in [0.05, 0.1) is 12.3 Å². The molecule has 0 amide bonds. The number of hydrogen-bond acceptors (Lipinski definition) is 3. The van der Waals surface area contributed by atoms with Crippen LogP contribution in [0.2, 0.25) is 0 Å². The summed E-state index contributed by atoms with van der Waals surface area (Å²) >= 11 is 0. The normalized spacial score (nSPS) is 23.5. The Morgan fingerprint density at radius 3 is 2.76 bits per heavy atom. The minimum absolute atomic E-state index is 0.190. The summed E-state index contributed by atoms with van der Waals surface area (Å²) in [6.45, 7) is 9.76. The SMILES string of the molecule is CCCNC(c1cncc(OC(C)C)c1)C1CCC(C)C1. The summed E-state index contributed by atoms with van der Waals surface area (Å²) in [4.78, 5) is 4.39. The summed E-state index contributed by atoms with van der Waals surface area (Å²) in [7, 11) is 0. The zero-order valence-electron chi connectivity index (χ0n) is 13.9. The lowest BCUT2D eigenvalue weighted by Gasteiger charge is -2.25. The lowest BCUT2D eigenvalue weighted by Crippen LogP contribution is -2.28. The maximum atomic E-state index is 5.80. The first-order chi connectivity index (χ1) is 10.1. The van der Waals surface area contributed by atoms with Crippen LogP contribution in [0, 0.1) is 11.8 Å². The molecule has 1 N–H and O–H groups in total. The zero-order chi connectivity index (χ0) is 15.2. The Balaban J connectivity index is 2.15. The fourth-order valence-corrected chi connectivity index (χ4v) is 3.35. The maximum absolute atomic E-state index is 5.80. The Kier molecular flexibility index (Phi) is 6.04. The molecule has 0 saturated heterocycles. The molecule has 3 nitrogen and oxygen atoms in total. The molecule has 3 atom stereocenters. The highest BCUT2D eigenvalue weighted by Crippen LogP contribution is 2.39. The number of nitrogens with zero attached hydrogens (tertiary/aromatic N) is 1. The first-order valence-corrected chi connectivity index (χ1v) is 8.45. The summed E-state index contributed by atoms with van der Waals surface area (Å²) in [5.41, 5.74) is 1.28. The summed E-state index contributed by atoms with van der Waals surface area (Å²) in [6.07, 6.45) is 9.16. The van der Waals surface area contributed by atoms with E-state index in [0.29, 0.717) is 6.04 Å². The third kappa shape index (κ3) is 4.70. The van der Waals surface area contributed by atoms with Crippen LogP contribution >= 0.6 is 0 Å². The second-order valence-electron chi connectivity index (χ2n) is 6.73. The Morgan fingerprint density at radius 1 is 1.33 bits per heavy atom. The summed E-state index contributed by atoms with van der Waals surface area (Å²) in [6, 6.07) is 2.58. The van der Waals surface area contributed by atoms with Crippen molar-refractivity contribution in [1.29, 1.82) is 0 Å². The first kappa shape index (κ1) is 16.3. The van der Waals surface area contributed by atoms with E-state index in [-0.39, 0.29) is 6.10 Å². The van der Waals surface area contributed by atoms with Crippen LogP contribution in [0.4, 0.5) is 0 Å². The molecule has 1 fully saturated rings. The van der Waals surface area contributed by atoms with E-state index in [1.54, 1.807) is 0 Å². The van der Waals surface area contributed by atoms with Gasteiger partial charge in [0.1, 0.15) is 5.75 Å². The van der Waals surface area contributed by atoms with Crippen LogP contribution < -0.4 is 10.1 Å². The van der Waals surface area contributed by atoms with Gasteiger partial charge in [0.15, 0.2) is 0 Å². The lowest BCUT2D eigenvalue weighted by atomic mass is 9.91. The quantitative estimate of drug-likeness (QED) is 0.811. The van der Waals surface area contributed by atoms with Crippen molar-refractivity contribution >= 4 is 0 Å². The second kappa shape index (κ2) is 7.79. The van der Waals surface area contributed by atoms with Crippen molar-refractivity contribution in [3.8, 4) is 5.75 Å². The minimum atomic E-state index is 0.190. The highest BCUT2D eigenvalue weighted by molar-refractivity contribution is 5.27. The van der Waals surface area contributed by atoms with E-state index in [9.17, 15) is 0 Å². The first-order valence-electron chi connectivity index (χ1n) is 8.45. The molecule has 1 aliphatic rings. The van der Waals surface area contributed by atoms with Crippen molar-refractivity contribution in [2.24, 2.45) is 11.8 Å². The van der Waals surface area contributed by atoms with Crippen molar-refractivity contribution in [2.75, 3.05) is 6.54 Å². The molecule has 0 bridgehead atoms. The van der Waals surface area contributed by atoms with Crippen molar-refractivity contribution in [3.05, 3.63) is 24.0 Å². The molecule has 3 unspecified atom stereocenters. The third-order valence-electron chi connectivity index (χ3n) is 4.29. The highest BCUT2D eigenvalue weighted by atomic mass is 16.5. The van der Waals surface area contributed by atoms with Crippen LogP contribution in [0.15, 0.2) is 18.5 Å². The van der Waals surface area contributed by atoms with Crippen LogP contribution in [-0.4, -0.2) is 17.6 Å². The van der Waals surface area contributed by atoms with Crippen molar-refractivity contribution < 1.29 is 4.74 Å². The van der Waals surface area contributed by atoms with Gasteiger partial charge >= 0.3 is 0 Å². The predicted octanol–water partition coefficient (Wildman–Crippen LogP) is 4.35. The largest absolute Gasteiger partial charge is 0.489 e. The van der Waals surface area contributed by atoms with E-state index in [0.717, 1.165) is 30.6 Å². The average molecular weight is 290 g/mol. The van der Waals surface area contributed by atoms with E-state index in [4.69, 9.17) is 4.74 Å². The monoisotopic (exact) mass is 290 g/mol. The molecule has 1 aromatic rings. The average Bonchev–Trinajstić information content (AvgIpc) is 2.85. The molecule has 0 aromatic carbocycles. The summed E-state index contributed by atoms with van der Waals surface area (Å²) in [5, 5.41) is 3.73. The molecule has 1 aromatic heterocycles. The predicted molar refractivity (Wildman–Crippen MR) is 87.5 cm³/mol. The number of ether oxygens (including phenoxy) is 1. The van der Waals surface area contributed by atoms with Crippen LogP contribution in [0.25, 0.3) is 0 Å². The molecular weight excluding hydrogens is 260 g/mol. The van der Waals surface area contributed by atoms with Crippen LogP contribution in [0.5, 0.6) is 5.75 Å². The Morgan fingerprint density at radius 2 is 2.14 bits per heavy atom. The summed E-state index contributed by atoms with van der Waals surface area (Å²) in [5.74, 6) is 2.46. The summed E-state index contributed by atoms with van der Waals surface area (Å²) < 4.78 is 5.80. The molecule has 0 aliphatic heterocycles. The molecule has 2 rings (SSSR count). The van der Waals surface area contributed by atoms with Crippen LogP contribution in [0.3, 0.4) is 0 Å². The number of rotatable bonds is 7. The van der Waals surface area contributed by atoms with Gasteiger partial charge in [-0.1, -0.05) is 20.3 Å². The molecular formula is C18H30N2O. The molecule has 21 heavy (non-hydrogen) atoms. The number of nitrogens with one attached hydrogen (secondary N) is 1. The Labute approximate surface area is 129 Å². The maximum Gasteiger partial charge on any atom is 0.138 e. The standard InChI is InChI=1S/C18H30N2O/c1-5-8-20-18(15-7-6-14(4)9-15)16-10-17(12-19-11-16)21-13(2)3/h10-15,18,20H,5-9H2,1-4H3. The second-order valence-corrected chi connectivity index (χ2v) is 6.73. The van der Waals surface area contributed by atoms with E-state index < -0.39 is 0 Å². The van der Waals surface area contributed by atoms with Crippen molar-refractivity contribution in [2.45, 2.75) is 65.5 Å². The van der Waals surface area contributed by atoms with E-state index in [1.165, 1.54) is 24.8 Å². The van der Waals surface area contributed by atoms with Gasteiger partial charge in [0, 0.05) is 12.2 Å². The van der Waals surface area contributed by atoms with Gasteiger partial charge < -0.3 is 10.1 Å². The molecule has 0 spiro atoms. The number of pyridine rings is 1. The molecule has 1 aliphatic carbocycles. The van der Waals surface area contributed by atoms with Gasteiger partial charge in [-0.2, -0.15) is 0 Å². The number of aromatic nitrogens is 1. The number of hydrogen-bond donors (Lipinski definition) is 1. The van der Waals surface area contributed by atoms with Gasteiger partial charge in [0.25, 0.3) is 0 Å². The minimum Gasteiger partial charge on any atom is -0.489 e. The fourth-order valence-electron chi connectivity index (χ4n) is 3.35. The lowest BCUT2D eigenvalue weighted by molar-refractivity contribution is 0.240. The topological polar surface area (TPSA) is 34.2 Å². The van der Waals surface area contributed by atoms with E-state index in [1.807, 2.05) is 12.4 Å². The Bertz CT molecular complexity index is 433. The molecule has 118 valence electrons. The Hall–Kier alpha value is -1.09. The van der Waals surface area contributed by atoms with Crippen molar-refractivity contribution in [3.63, 3.8) is 0 Å². The smallest absolute Gasteiger partial charge is 0.138 e. The van der Waals surface area contributed by atoms with E-state index >= 15 is 0 Å². The van der Waals surface area contributed by atoms with Gasteiger partial charge in [-0.25, -0.2) is 0 Å². The van der Waals surface area contributed by atoms with Crippen molar-refractivity contribution in [1.82, 2.24) is 10.3 Å².